The number of aryl methyl sites for hydroxylation is 1. The number of rotatable bonds is 8. The molecule has 24 heavy (non-hydrogen) atoms. The lowest BCUT2D eigenvalue weighted by atomic mass is 9.74. The molecule has 4 nitrogen and oxygen atoms in total. The topological polar surface area (TPSA) is 53.7 Å². The van der Waals surface area contributed by atoms with E-state index in [1.165, 1.54) is 11.1 Å². The van der Waals surface area contributed by atoms with Crippen LogP contribution in [0.15, 0.2) is 18.2 Å². The van der Waals surface area contributed by atoms with Gasteiger partial charge in [0.05, 0.1) is 6.61 Å². The molecule has 4 heteroatoms. The molecule has 0 spiro atoms. The first-order valence-corrected chi connectivity index (χ1v) is 9.12. The van der Waals surface area contributed by atoms with E-state index < -0.39 is 5.79 Å². The molecule has 1 aliphatic rings. The Kier molecular flexibility index (Phi) is 7.08. The van der Waals surface area contributed by atoms with Crippen LogP contribution < -0.4 is 10.5 Å². The van der Waals surface area contributed by atoms with Crippen molar-refractivity contribution in [2.75, 3.05) is 27.4 Å². The van der Waals surface area contributed by atoms with Crippen LogP contribution in [0.3, 0.4) is 0 Å². The Labute approximate surface area is 146 Å². The van der Waals surface area contributed by atoms with E-state index in [0.717, 1.165) is 44.5 Å². The maximum atomic E-state index is 6.14. The zero-order valence-electron chi connectivity index (χ0n) is 15.6. The van der Waals surface area contributed by atoms with Gasteiger partial charge in [-0.25, -0.2) is 0 Å². The van der Waals surface area contributed by atoms with E-state index in [2.05, 4.69) is 32.0 Å². The lowest BCUT2D eigenvalue weighted by Gasteiger charge is -2.40. The molecule has 1 saturated carbocycles. The number of ether oxygens (including phenoxy) is 3. The van der Waals surface area contributed by atoms with Crippen LogP contribution in [0, 0.1) is 12.8 Å². The molecule has 2 rings (SSSR count). The highest BCUT2D eigenvalue weighted by atomic mass is 16.7. The van der Waals surface area contributed by atoms with Gasteiger partial charge in [-0.2, -0.15) is 0 Å². The van der Waals surface area contributed by atoms with Gasteiger partial charge in [-0.05, 0) is 61.8 Å². The summed E-state index contributed by atoms with van der Waals surface area (Å²) in [7, 11) is 3.48. The van der Waals surface area contributed by atoms with E-state index in [1.54, 1.807) is 14.2 Å². The Morgan fingerprint density at radius 3 is 2.38 bits per heavy atom. The van der Waals surface area contributed by atoms with E-state index in [-0.39, 0.29) is 0 Å². The van der Waals surface area contributed by atoms with Crippen molar-refractivity contribution in [1.82, 2.24) is 0 Å². The van der Waals surface area contributed by atoms with Crippen LogP contribution in [0.4, 0.5) is 0 Å². The van der Waals surface area contributed by atoms with Crippen molar-refractivity contribution in [3.8, 4) is 5.75 Å². The molecule has 1 unspecified atom stereocenters. The molecule has 1 aromatic carbocycles. The molecule has 0 bridgehead atoms. The van der Waals surface area contributed by atoms with Crippen molar-refractivity contribution < 1.29 is 14.2 Å². The summed E-state index contributed by atoms with van der Waals surface area (Å²) in [4.78, 5) is 0. The van der Waals surface area contributed by atoms with E-state index in [0.29, 0.717) is 18.4 Å². The smallest absolute Gasteiger partial charge is 0.167 e. The zero-order chi connectivity index (χ0) is 17.6. The second-order valence-electron chi connectivity index (χ2n) is 6.87. The van der Waals surface area contributed by atoms with Crippen LogP contribution in [0.2, 0.25) is 0 Å². The first-order chi connectivity index (χ1) is 11.6. The molecular formula is C20H33NO3. The number of methoxy groups -OCH3 is 2. The predicted octanol–water partition coefficient (Wildman–Crippen LogP) is 4.01. The monoisotopic (exact) mass is 335 g/mol. The standard InChI is InChI=1S/C20H33NO3/c1-5-12-24-19-7-6-17(13-15(19)2)18(14-21)16-8-10-20(22-3,23-4)11-9-16/h6-7,13,16,18H,5,8-12,14,21H2,1-4H3. The van der Waals surface area contributed by atoms with Crippen molar-refractivity contribution in [3.63, 3.8) is 0 Å². The second kappa shape index (κ2) is 8.84. The van der Waals surface area contributed by atoms with Gasteiger partial charge in [0, 0.05) is 27.1 Å². The Hall–Kier alpha value is -1.10. The second-order valence-corrected chi connectivity index (χ2v) is 6.87. The van der Waals surface area contributed by atoms with Crippen molar-refractivity contribution in [2.24, 2.45) is 11.7 Å². The van der Waals surface area contributed by atoms with Gasteiger partial charge < -0.3 is 19.9 Å². The molecule has 0 saturated heterocycles. The summed E-state index contributed by atoms with van der Waals surface area (Å²) in [5, 5.41) is 0. The number of hydrogen-bond acceptors (Lipinski definition) is 4. The first-order valence-electron chi connectivity index (χ1n) is 9.12. The minimum absolute atomic E-state index is 0.385. The molecule has 136 valence electrons. The number of benzene rings is 1. The molecule has 0 aromatic heterocycles. The van der Waals surface area contributed by atoms with Gasteiger partial charge in [0.15, 0.2) is 5.79 Å². The quantitative estimate of drug-likeness (QED) is 0.729. The van der Waals surface area contributed by atoms with Crippen molar-refractivity contribution >= 4 is 0 Å². The Morgan fingerprint density at radius 1 is 1.21 bits per heavy atom. The SMILES string of the molecule is CCCOc1ccc(C(CN)C2CCC(OC)(OC)CC2)cc1C. The maximum absolute atomic E-state index is 6.14. The molecule has 0 amide bonds. The van der Waals surface area contributed by atoms with E-state index in [1.807, 2.05) is 0 Å². The van der Waals surface area contributed by atoms with E-state index in [4.69, 9.17) is 19.9 Å². The van der Waals surface area contributed by atoms with Crippen LogP contribution in [0.5, 0.6) is 5.75 Å². The fourth-order valence-corrected chi connectivity index (χ4v) is 3.85. The Balaban J connectivity index is 2.08. The van der Waals surface area contributed by atoms with Gasteiger partial charge in [-0.1, -0.05) is 19.1 Å². The van der Waals surface area contributed by atoms with Crippen LogP contribution in [0.25, 0.3) is 0 Å². The highest BCUT2D eigenvalue weighted by molar-refractivity contribution is 5.38. The minimum atomic E-state index is -0.399. The first kappa shape index (κ1) is 19.2. The molecular weight excluding hydrogens is 302 g/mol. The van der Waals surface area contributed by atoms with Gasteiger partial charge in [0.2, 0.25) is 0 Å². The molecule has 1 fully saturated rings. The molecule has 0 aliphatic heterocycles. The third-order valence-corrected chi connectivity index (χ3v) is 5.45. The summed E-state index contributed by atoms with van der Waals surface area (Å²) in [5.41, 5.74) is 8.66. The zero-order valence-corrected chi connectivity index (χ0v) is 15.6. The molecule has 1 atom stereocenters. The molecule has 1 aromatic rings. The summed E-state index contributed by atoms with van der Waals surface area (Å²) in [6.45, 7) is 5.67. The summed E-state index contributed by atoms with van der Waals surface area (Å²) >= 11 is 0. The highest BCUT2D eigenvalue weighted by Gasteiger charge is 2.37. The van der Waals surface area contributed by atoms with Gasteiger partial charge in [-0.3, -0.25) is 0 Å². The summed E-state index contributed by atoms with van der Waals surface area (Å²) in [6, 6.07) is 6.53. The molecule has 1 aliphatic carbocycles. The average Bonchev–Trinajstić information content (AvgIpc) is 2.62. The predicted molar refractivity (Wildman–Crippen MR) is 97.5 cm³/mol. The summed E-state index contributed by atoms with van der Waals surface area (Å²) < 4.78 is 17.0. The van der Waals surface area contributed by atoms with Crippen molar-refractivity contribution in [1.29, 1.82) is 0 Å². The van der Waals surface area contributed by atoms with E-state index in [9.17, 15) is 0 Å². The molecule has 2 N–H and O–H groups in total. The van der Waals surface area contributed by atoms with Gasteiger partial charge >= 0.3 is 0 Å². The van der Waals surface area contributed by atoms with Gasteiger partial charge in [0.25, 0.3) is 0 Å². The summed E-state index contributed by atoms with van der Waals surface area (Å²) in [5.74, 6) is 1.55. The Morgan fingerprint density at radius 2 is 1.88 bits per heavy atom. The largest absolute Gasteiger partial charge is 0.493 e. The fourth-order valence-electron chi connectivity index (χ4n) is 3.85. The third-order valence-electron chi connectivity index (χ3n) is 5.45. The van der Waals surface area contributed by atoms with E-state index >= 15 is 0 Å². The third kappa shape index (κ3) is 4.29. The van der Waals surface area contributed by atoms with Crippen LogP contribution in [-0.4, -0.2) is 33.2 Å². The number of hydrogen-bond donors (Lipinski definition) is 1. The van der Waals surface area contributed by atoms with Gasteiger partial charge in [0.1, 0.15) is 5.75 Å². The van der Waals surface area contributed by atoms with Gasteiger partial charge in [-0.15, -0.1) is 0 Å². The highest BCUT2D eigenvalue weighted by Crippen LogP contribution is 2.41. The minimum Gasteiger partial charge on any atom is -0.493 e. The van der Waals surface area contributed by atoms with Crippen LogP contribution in [0.1, 0.15) is 56.1 Å². The maximum Gasteiger partial charge on any atom is 0.167 e. The van der Waals surface area contributed by atoms with Crippen LogP contribution in [-0.2, 0) is 9.47 Å². The fraction of sp³-hybridized carbons (Fsp3) is 0.700. The lowest BCUT2D eigenvalue weighted by Crippen LogP contribution is -2.40. The number of nitrogens with two attached hydrogens (primary N) is 1. The summed E-state index contributed by atoms with van der Waals surface area (Å²) in [6.07, 6.45) is 5.04. The average molecular weight is 335 g/mol. The van der Waals surface area contributed by atoms with Crippen molar-refractivity contribution in [3.05, 3.63) is 29.3 Å². The Bertz CT molecular complexity index is 504. The lowest BCUT2D eigenvalue weighted by molar-refractivity contribution is -0.228. The van der Waals surface area contributed by atoms with Crippen molar-refractivity contribution in [2.45, 2.75) is 57.7 Å². The molecule has 0 heterocycles. The normalized spacial score (nSPS) is 19.2. The van der Waals surface area contributed by atoms with Crippen LogP contribution >= 0.6 is 0 Å². The molecule has 0 radical (unpaired) electrons.